The fourth-order valence-corrected chi connectivity index (χ4v) is 3.58. The van der Waals surface area contributed by atoms with Gasteiger partial charge in [0.05, 0.1) is 11.5 Å². The normalized spacial score (nSPS) is 23.9. The minimum Gasteiger partial charge on any atom is -0.294 e. The molecule has 3 nitrogen and oxygen atoms in total. The Bertz CT molecular complexity index is 462. The van der Waals surface area contributed by atoms with E-state index in [4.69, 9.17) is 0 Å². The standard InChI is InChI=1S/C11H12O3S/c12-11(9-4-2-1-3-5-9)10-6-7-15(13,14)8-10/h1-5,10H,6-8H2. The average Bonchev–Trinajstić information content (AvgIpc) is 2.59. The van der Waals surface area contributed by atoms with E-state index in [2.05, 4.69) is 0 Å². The van der Waals surface area contributed by atoms with Crippen LogP contribution >= 0.6 is 0 Å². The molecule has 1 aromatic rings. The molecule has 80 valence electrons. The SMILES string of the molecule is O=C(c1ccccc1)C1CCS(=O)(=O)C1. The summed E-state index contributed by atoms with van der Waals surface area (Å²) in [5.41, 5.74) is 0.611. The van der Waals surface area contributed by atoms with Crippen LogP contribution in [0.15, 0.2) is 30.3 Å². The van der Waals surface area contributed by atoms with E-state index >= 15 is 0 Å². The van der Waals surface area contributed by atoms with Gasteiger partial charge in [-0.2, -0.15) is 0 Å². The lowest BCUT2D eigenvalue weighted by Crippen LogP contribution is -2.16. The van der Waals surface area contributed by atoms with Gasteiger partial charge in [0.25, 0.3) is 0 Å². The molecule has 0 aliphatic carbocycles. The third kappa shape index (κ3) is 2.26. The zero-order chi connectivity index (χ0) is 10.9. The van der Waals surface area contributed by atoms with Gasteiger partial charge in [-0.05, 0) is 6.42 Å². The van der Waals surface area contributed by atoms with E-state index in [1.807, 2.05) is 6.07 Å². The number of rotatable bonds is 2. The zero-order valence-electron chi connectivity index (χ0n) is 8.22. The topological polar surface area (TPSA) is 51.2 Å². The van der Waals surface area contributed by atoms with Gasteiger partial charge in [-0.1, -0.05) is 30.3 Å². The molecule has 4 heteroatoms. The summed E-state index contributed by atoms with van der Waals surface area (Å²) in [5, 5.41) is 0. The minimum atomic E-state index is -2.97. The second-order valence-electron chi connectivity index (χ2n) is 3.83. The van der Waals surface area contributed by atoms with Gasteiger partial charge in [0.2, 0.25) is 0 Å². The van der Waals surface area contributed by atoms with Crippen LogP contribution in [-0.4, -0.2) is 25.7 Å². The van der Waals surface area contributed by atoms with Crippen LogP contribution in [0.5, 0.6) is 0 Å². The summed E-state index contributed by atoms with van der Waals surface area (Å²) in [7, 11) is -2.97. The Hall–Kier alpha value is -1.16. The quantitative estimate of drug-likeness (QED) is 0.711. The van der Waals surface area contributed by atoms with Gasteiger partial charge >= 0.3 is 0 Å². The fraction of sp³-hybridized carbons (Fsp3) is 0.364. The van der Waals surface area contributed by atoms with Crippen molar-refractivity contribution in [3.05, 3.63) is 35.9 Å². The predicted octanol–water partition coefficient (Wildman–Crippen LogP) is 1.30. The van der Waals surface area contributed by atoms with E-state index < -0.39 is 9.84 Å². The molecular weight excluding hydrogens is 212 g/mol. The Morgan fingerprint density at radius 2 is 1.87 bits per heavy atom. The maximum absolute atomic E-state index is 11.9. The van der Waals surface area contributed by atoms with Crippen molar-refractivity contribution in [2.75, 3.05) is 11.5 Å². The van der Waals surface area contributed by atoms with Gasteiger partial charge in [0, 0.05) is 11.5 Å². The Labute approximate surface area is 89.0 Å². The molecular formula is C11H12O3S. The summed E-state index contributed by atoms with van der Waals surface area (Å²) in [6.45, 7) is 0. The number of benzene rings is 1. The van der Waals surface area contributed by atoms with Crippen LogP contribution in [0.1, 0.15) is 16.8 Å². The Morgan fingerprint density at radius 1 is 1.20 bits per heavy atom. The number of Topliss-reactive ketones (excluding diaryl/α,β-unsaturated/α-hetero) is 1. The summed E-state index contributed by atoms with van der Waals surface area (Å²) in [4.78, 5) is 11.9. The first-order chi connectivity index (χ1) is 7.08. The molecule has 0 amide bonds. The van der Waals surface area contributed by atoms with Crippen molar-refractivity contribution in [3.63, 3.8) is 0 Å². The van der Waals surface area contributed by atoms with Crippen LogP contribution in [0, 0.1) is 5.92 Å². The average molecular weight is 224 g/mol. The number of sulfone groups is 1. The molecule has 1 atom stereocenters. The van der Waals surface area contributed by atoms with Crippen LogP contribution in [0.25, 0.3) is 0 Å². The molecule has 15 heavy (non-hydrogen) atoms. The lowest BCUT2D eigenvalue weighted by atomic mass is 9.97. The highest BCUT2D eigenvalue weighted by molar-refractivity contribution is 7.91. The van der Waals surface area contributed by atoms with Crippen LogP contribution in [0.4, 0.5) is 0 Å². The Morgan fingerprint density at radius 3 is 2.40 bits per heavy atom. The predicted molar refractivity (Wildman–Crippen MR) is 57.5 cm³/mol. The number of carbonyl (C=O) groups is 1. The lowest BCUT2D eigenvalue weighted by molar-refractivity contribution is 0.0933. The molecule has 1 fully saturated rings. The smallest absolute Gasteiger partial charge is 0.166 e. The highest BCUT2D eigenvalue weighted by Crippen LogP contribution is 2.22. The molecule has 0 spiro atoms. The van der Waals surface area contributed by atoms with Crippen LogP contribution in [0.2, 0.25) is 0 Å². The number of ketones is 1. The first-order valence-corrected chi connectivity index (χ1v) is 6.70. The monoisotopic (exact) mass is 224 g/mol. The van der Waals surface area contributed by atoms with Crippen molar-refractivity contribution < 1.29 is 13.2 Å². The van der Waals surface area contributed by atoms with Crippen molar-refractivity contribution in [2.24, 2.45) is 5.92 Å². The van der Waals surface area contributed by atoms with E-state index in [-0.39, 0.29) is 23.2 Å². The Balaban J connectivity index is 2.18. The summed E-state index contributed by atoms with van der Waals surface area (Å²) in [5.74, 6) is -0.217. The van der Waals surface area contributed by atoms with E-state index in [1.165, 1.54) is 0 Å². The van der Waals surface area contributed by atoms with Crippen molar-refractivity contribution in [2.45, 2.75) is 6.42 Å². The van der Waals surface area contributed by atoms with Gasteiger partial charge in [-0.25, -0.2) is 8.42 Å². The van der Waals surface area contributed by atoms with E-state index in [0.29, 0.717) is 12.0 Å². The zero-order valence-corrected chi connectivity index (χ0v) is 9.03. The molecule has 1 heterocycles. The highest BCUT2D eigenvalue weighted by Gasteiger charge is 2.33. The third-order valence-corrected chi connectivity index (χ3v) is 4.43. The highest BCUT2D eigenvalue weighted by atomic mass is 32.2. The van der Waals surface area contributed by atoms with Crippen LogP contribution in [0.3, 0.4) is 0 Å². The molecule has 0 radical (unpaired) electrons. The maximum atomic E-state index is 11.9. The van der Waals surface area contributed by atoms with Gasteiger partial charge in [-0.3, -0.25) is 4.79 Å². The summed E-state index contributed by atoms with van der Waals surface area (Å²) >= 11 is 0. The molecule has 0 aromatic heterocycles. The second-order valence-corrected chi connectivity index (χ2v) is 6.06. The number of carbonyl (C=O) groups excluding carboxylic acids is 1. The molecule has 1 aromatic carbocycles. The number of hydrogen-bond donors (Lipinski definition) is 0. The first-order valence-electron chi connectivity index (χ1n) is 4.88. The molecule has 1 saturated heterocycles. The van der Waals surface area contributed by atoms with Crippen molar-refractivity contribution >= 4 is 15.6 Å². The summed E-state index contributed by atoms with van der Waals surface area (Å²) < 4.78 is 22.4. The number of hydrogen-bond acceptors (Lipinski definition) is 3. The largest absolute Gasteiger partial charge is 0.294 e. The van der Waals surface area contributed by atoms with E-state index in [0.717, 1.165) is 0 Å². The summed E-state index contributed by atoms with van der Waals surface area (Å²) in [6, 6.07) is 8.87. The molecule has 0 bridgehead atoms. The van der Waals surface area contributed by atoms with E-state index in [9.17, 15) is 13.2 Å². The van der Waals surface area contributed by atoms with Gasteiger partial charge in [-0.15, -0.1) is 0 Å². The van der Waals surface area contributed by atoms with Crippen LogP contribution < -0.4 is 0 Å². The second kappa shape index (κ2) is 3.77. The van der Waals surface area contributed by atoms with Crippen molar-refractivity contribution in [1.82, 2.24) is 0 Å². The van der Waals surface area contributed by atoms with Gasteiger partial charge in [0.15, 0.2) is 15.6 Å². The molecule has 0 saturated carbocycles. The van der Waals surface area contributed by atoms with Gasteiger partial charge < -0.3 is 0 Å². The minimum absolute atomic E-state index is 0.0146. The Kier molecular flexibility index (Phi) is 2.61. The molecule has 1 unspecified atom stereocenters. The summed E-state index contributed by atoms with van der Waals surface area (Å²) in [6.07, 6.45) is 0.468. The molecule has 0 N–H and O–H groups in total. The lowest BCUT2D eigenvalue weighted by Gasteiger charge is -2.05. The van der Waals surface area contributed by atoms with Crippen molar-refractivity contribution in [1.29, 1.82) is 0 Å². The van der Waals surface area contributed by atoms with Crippen molar-refractivity contribution in [3.8, 4) is 0 Å². The van der Waals surface area contributed by atoms with E-state index in [1.54, 1.807) is 24.3 Å². The molecule has 1 aliphatic rings. The first kappa shape index (κ1) is 10.4. The van der Waals surface area contributed by atoms with Gasteiger partial charge in [0.1, 0.15) is 0 Å². The maximum Gasteiger partial charge on any atom is 0.166 e. The molecule has 1 aliphatic heterocycles. The van der Waals surface area contributed by atoms with Crippen LogP contribution in [-0.2, 0) is 9.84 Å². The third-order valence-electron chi connectivity index (χ3n) is 2.66. The molecule has 2 rings (SSSR count). The fourth-order valence-electron chi connectivity index (χ4n) is 1.84.